The zero-order valence-electron chi connectivity index (χ0n) is 22.9. The summed E-state index contributed by atoms with van der Waals surface area (Å²) in [4.78, 5) is 41.3. The maximum absolute atomic E-state index is 13.9. The molecule has 1 heterocycles. The van der Waals surface area contributed by atoms with Gasteiger partial charge >= 0.3 is 11.9 Å². The molecule has 0 spiro atoms. The number of carbonyl (C=O) groups excluding carboxylic acids is 3. The van der Waals surface area contributed by atoms with Crippen molar-refractivity contribution < 1.29 is 23.9 Å². The molecule has 2 aromatic rings. The summed E-state index contributed by atoms with van der Waals surface area (Å²) < 4.78 is 10.9. The second-order valence-corrected chi connectivity index (χ2v) is 11.6. The summed E-state index contributed by atoms with van der Waals surface area (Å²) in [6.45, 7) is 7.34. The molecule has 3 atom stereocenters. The molecule has 0 radical (unpaired) electrons. The molecule has 1 aliphatic heterocycles. The van der Waals surface area contributed by atoms with Gasteiger partial charge in [0.2, 0.25) is 5.91 Å². The van der Waals surface area contributed by atoms with E-state index < -0.39 is 23.7 Å². The van der Waals surface area contributed by atoms with E-state index in [1.54, 1.807) is 23.6 Å². The van der Waals surface area contributed by atoms with Crippen molar-refractivity contribution in [3.63, 3.8) is 0 Å². The van der Waals surface area contributed by atoms with E-state index in [1.165, 1.54) is 0 Å². The van der Waals surface area contributed by atoms with E-state index in [0.717, 1.165) is 11.1 Å². The highest BCUT2D eigenvalue weighted by Crippen LogP contribution is 2.23. The van der Waals surface area contributed by atoms with Crippen LogP contribution in [0, 0.1) is 0 Å². The lowest BCUT2D eigenvalue weighted by molar-refractivity contribution is -0.160. The lowest BCUT2D eigenvalue weighted by Crippen LogP contribution is -2.56. The molecule has 38 heavy (non-hydrogen) atoms. The third-order valence-corrected chi connectivity index (χ3v) is 7.38. The second kappa shape index (κ2) is 14.4. The summed E-state index contributed by atoms with van der Waals surface area (Å²) in [6, 6.07) is 18.4. The van der Waals surface area contributed by atoms with E-state index in [9.17, 15) is 14.4 Å². The topological polar surface area (TPSA) is 84.9 Å². The highest BCUT2D eigenvalue weighted by Gasteiger charge is 2.37. The Morgan fingerprint density at radius 1 is 1.03 bits per heavy atom. The van der Waals surface area contributed by atoms with Crippen LogP contribution in [0.15, 0.2) is 60.7 Å². The van der Waals surface area contributed by atoms with E-state index in [1.807, 2.05) is 81.4 Å². The summed E-state index contributed by atoms with van der Waals surface area (Å²) >= 11 is 1.65. The van der Waals surface area contributed by atoms with Crippen LogP contribution in [0.4, 0.5) is 0 Å². The van der Waals surface area contributed by atoms with E-state index in [0.29, 0.717) is 30.8 Å². The Hall–Kier alpha value is -2.84. The Morgan fingerprint density at radius 3 is 2.26 bits per heavy atom. The molecule has 0 aliphatic carbocycles. The van der Waals surface area contributed by atoms with Crippen molar-refractivity contribution in [2.24, 2.45) is 0 Å². The van der Waals surface area contributed by atoms with E-state index >= 15 is 0 Å². The quantitative estimate of drug-likeness (QED) is 0.431. The number of aryl methyl sites for hydroxylation is 1. The van der Waals surface area contributed by atoms with Crippen LogP contribution in [-0.2, 0) is 36.7 Å². The number of nitrogens with zero attached hydrogens (tertiary/aromatic N) is 1. The van der Waals surface area contributed by atoms with Crippen molar-refractivity contribution >= 4 is 29.6 Å². The molecule has 0 bridgehead atoms. The van der Waals surface area contributed by atoms with Crippen LogP contribution in [0.3, 0.4) is 0 Å². The number of hydrogen-bond donors (Lipinski definition) is 1. The molecule has 206 valence electrons. The highest BCUT2D eigenvalue weighted by atomic mass is 32.2. The molecule has 3 rings (SSSR count). The first kappa shape index (κ1) is 29.7. The van der Waals surface area contributed by atoms with Gasteiger partial charge in [0.15, 0.2) is 0 Å². The summed E-state index contributed by atoms with van der Waals surface area (Å²) in [6.07, 6.45) is 1.80. The number of amides is 1. The molecule has 0 saturated carbocycles. The van der Waals surface area contributed by atoms with Gasteiger partial charge in [0.05, 0.1) is 12.6 Å². The maximum Gasteiger partial charge on any atom is 0.326 e. The fourth-order valence-electron chi connectivity index (χ4n) is 4.47. The minimum atomic E-state index is -0.653. The van der Waals surface area contributed by atoms with Gasteiger partial charge in [0.1, 0.15) is 18.2 Å². The van der Waals surface area contributed by atoms with Gasteiger partial charge in [0, 0.05) is 17.5 Å². The van der Waals surface area contributed by atoms with Crippen molar-refractivity contribution in [1.29, 1.82) is 0 Å². The summed E-state index contributed by atoms with van der Waals surface area (Å²) in [5.74, 6) is 0.160. The zero-order chi connectivity index (χ0) is 27.5. The van der Waals surface area contributed by atoms with E-state index in [-0.39, 0.29) is 31.1 Å². The molecule has 7 nitrogen and oxygen atoms in total. The van der Waals surface area contributed by atoms with Crippen LogP contribution in [0.25, 0.3) is 0 Å². The Labute approximate surface area is 230 Å². The molecule has 8 heteroatoms. The molecular formula is C30H40N2O5S. The minimum Gasteiger partial charge on any atom is -0.465 e. The molecule has 1 saturated heterocycles. The predicted octanol–water partition coefficient (Wildman–Crippen LogP) is 4.04. The smallest absolute Gasteiger partial charge is 0.326 e. The van der Waals surface area contributed by atoms with Crippen LogP contribution < -0.4 is 5.32 Å². The summed E-state index contributed by atoms with van der Waals surface area (Å²) in [7, 11) is 0. The molecular weight excluding hydrogens is 500 g/mol. The first-order valence-corrected chi connectivity index (χ1v) is 14.4. The number of ether oxygens (including phenoxy) is 2. The number of hydrogen-bond acceptors (Lipinski definition) is 7. The summed E-state index contributed by atoms with van der Waals surface area (Å²) in [5.41, 5.74) is 1.55. The van der Waals surface area contributed by atoms with Gasteiger partial charge < -0.3 is 14.4 Å². The molecule has 0 unspecified atom stereocenters. The van der Waals surface area contributed by atoms with Crippen LogP contribution in [0.2, 0.25) is 0 Å². The van der Waals surface area contributed by atoms with Crippen LogP contribution >= 0.6 is 11.8 Å². The number of carbonyl (C=O) groups is 3. The van der Waals surface area contributed by atoms with Gasteiger partial charge in [0.25, 0.3) is 0 Å². The Morgan fingerprint density at radius 2 is 1.66 bits per heavy atom. The van der Waals surface area contributed by atoms with Crippen LogP contribution in [-0.4, -0.2) is 71.1 Å². The standard InChI is InChI=1S/C30H40N2O5S/c1-5-36-29(35)25(17-16-22-12-8-6-9-13-22)31-26-21-38-20-24(18-23-14-10-7-11-15-23)32(28(26)34)19-27(33)37-30(2,3)4/h6-15,24-26,31H,5,16-21H2,1-4H3/t24-,25-,26-/m0/s1. The van der Waals surface area contributed by atoms with Crippen molar-refractivity contribution in [3.05, 3.63) is 71.8 Å². The van der Waals surface area contributed by atoms with Crippen molar-refractivity contribution in [2.75, 3.05) is 24.7 Å². The van der Waals surface area contributed by atoms with Gasteiger partial charge in [-0.05, 0) is 58.1 Å². The Balaban J connectivity index is 1.80. The fourth-order valence-corrected chi connectivity index (χ4v) is 5.65. The molecule has 2 aromatic carbocycles. The minimum absolute atomic E-state index is 0.138. The number of benzene rings is 2. The van der Waals surface area contributed by atoms with Gasteiger partial charge in [-0.25, -0.2) is 0 Å². The Kier molecular flexibility index (Phi) is 11.2. The van der Waals surface area contributed by atoms with Gasteiger partial charge in [-0.1, -0.05) is 60.7 Å². The molecule has 0 aromatic heterocycles. The van der Waals surface area contributed by atoms with Crippen LogP contribution in [0.1, 0.15) is 45.2 Å². The first-order chi connectivity index (χ1) is 18.2. The van der Waals surface area contributed by atoms with Crippen molar-refractivity contribution in [3.8, 4) is 0 Å². The van der Waals surface area contributed by atoms with Gasteiger partial charge in [-0.2, -0.15) is 11.8 Å². The zero-order valence-corrected chi connectivity index (χ0v) is 23.7. The Bertz CT molecular complexity index is 1040. The molecule has 1 N–H and O–H groups in total. The van der Waals surface area contributed by atoms with E-state index in [4.69, 9.17) is 9.47 Å². The molecule has 1 amide bonds. The third-order valence-electron chi connectivity index (χ3n) is 6.19. The average Bonchev–Trinajstić information content (AvgIpc) is 3.01. The van der Waals surface area contributed by atoms with Crippen LogP contribution in [0.5, 0.6) is 0 Å². The van der Waals surface area contributed by atoms with Crippen molar-refractivity contribution in [1.82, 2.24) is 10.2 Å². The molecule has 1 fully saturated rings. The lowest BCUT2D eigenvalue weighted by Gasteiger charge is -2.33. The average molecular weight is 541 g/mol. The summed E-state index contributed by atoms with van der Waals surface area (Å²) in [5, 5.41) is 3.30. The lowest BCUT2D eigenvalue weighted by atomic mass is 10.0. The SMILES string of the molecule is CCOC(=O)[C@H](CCc1ccccc1)N[C@H]1CSC[C@H](Cc2ccccc2)N(CC(=O)OC(C)(C)C)C1=O. The highest BCUT2D eigenvalue weighted by molar-refractivity contribution is 7.99. The van der Waals surface area contributed by atoms with Crippen molar-refractivity contribution in [2.45, 2.75) is 70.7 Å². The van der Waals surface area contributed by atoms with Gasteiger partial charge in [-0.15, -0.1) is 0 Å². The largest absolute Gasteiger partial charge is 0.465 e. The maximum atomic E-state index is 13.9. The normalized spacial score (nSPS) is 18.9. The second-order valence-electron chi connectivity index (χ2n) is 10.5. The number of nitrogens with one attached hydrogen (secondary N) is 1. The predicted molar refractivity (Wildman–Crippen MR) is 151 cm³/mol. The van der Waals surface area contributed by atoms with E-state index in [2.05, 4.69) is 5.32 Å². The number of rotatable bonds is 11. The number of esters is 2. The van der Waals surface area contributed by atoms with Gasteiger partial charge in [-0.3, -0.25) is 19.7 Å². The monoisotopic (exact) mass is 540 g/mol. The third kappa shape index (κ3) is 9.48. The number of thioether (sulfide) groups is 1. The first-order valence-electron chi connectivity index (χ1n) is 13.3. The molecule has 1 aliphatic rings. The fraction of sp³-hybridized carbons (Fsp3) is 0.500.